The van der Waals surface area contributed by atoms with Crippen LogP contribution in [0.4, 0.5) is 0 Å². The number of methoxy groups -OCH3 is 1. The number of rotatable bonds is 3. The molecule has 0 aromatic carbocycles. The first-order chi connectivity index (χ1) is 17.4. The van der Waals surface area contributed by atoms with Gasteiger partial charge in [0.15, 0.2) is 5.78 Å². The normalized spacial score (nSPS) is 44.5. The number of cyclic esters (lactones) is 1. The van der Waals surface area contributed by atoms with Crippen LogP contribution in [0.2, 0.25) is 0 Å². The fourth-order valence-electron chi connectivity index (χ4n) is 4.46. The Morgan fingerprint density at radius 3 is 2.43 bits per heavy atom. The van der Waals surface area contributed by atoms with Gasteiger partial charge in [-0.1, -0.05) is 56.4 Å². The Hall–Kier alpha value is -2.32. The number of fused-ring (bicyclic) bond motifs is 1. The van der Waals surface area contributed by atoms with Gasteiger partial charge in [0.1, 0.15) is 17.8 Å². The maximum Gasteiger partial charge on any atom is 0.334 e. The van der Waals surface area contributed by atoms with Gasteiger partial charge in [0.05, 0.1) is 24.4 Å². The molecule has 37 heavy (non-hydrogen) atoms. The van der Waals surface area contributed by atoms with E-state index in [4.69, 9.17) is 18.9 Å². The van der Waals surface area contributed by atoms with Crippen molar-refractivity contribution < 1.29 is 33.6 Å². The van der Waals surface area contributed by atoms with E-state index in [-0.39, 0.29) is 30.2 Å². The molecular weight excluding hydrogens is 472 g/mol. The molecule has 0 spiro atoms. The Morgan fingerprint density at radius 2 is 1.78 bits per heavy atom. The van der Waals surface area contributed by atoms with Crippen molar-refractivity contribution in [2.75, 3.05) is 7.11 Å². The van der Waals surface area contributed by atoms with Gasteiger partial charge in [0.2, 0.25) is 0 Å². The highest BCUT2D eigenvalue weighted by molar-refractivity contribution is 5.99. The lowest BCUT2D eigenvalue weighted by Gasteiger charge is -2.27. The standard InChI is InChI=1S/C30H42O7/c1-18-10-8-9-11-27-30(6,37-27)15-14-23(34-7)17-24(31)21(4)25(12-13-26-22(5)35-26)36-29(33)20(3)16-19(2)28(18)32/h8-10,12-16,19,21-27,31H,11,17H2,1-7H3/b9-8+,13-12+,15-14+,18-10+,20-16+/t19-,21+,22+,23+,24+,25?,26-,27+,30+/m0/s1. The van der Waals surface area contributed by atoms with E-state index in [2.05, 4.69) is 0 Å². The molecule has 7 nitrogen and oxygen atoms in total. The van der Waals surface area contributed by atoms with E-state index >= 15 is 0 Å². The van der Waals surface area contributed by atoms with Crippen LogP contribution in [0.1, 0.15) is 54.4 Å². The van der Waals surface area contributed by atoms with Crippen LogP contribution in [-0.4, -0.2) is 66.2 Å². The van der Waals surface area contributed by atoms with Crippen LogP contribution in [0.15, 0.2) is 59.8 Å². The van der Waals surface area contributed by atoms with Gasteiger partial charge in [-0.05, 0) is 45.8 Å². The summed E-state index contributed by atoms with van der Waals surface area (Å²) in [6.07, 6.45) is 14.2. The van der Waals surface area contributed by atoms with Crippen molar-refractivity contribution in [3.63, 3.8) is 0 Å². The van der Waals surface area contributed by atoms with E-state index in [0.717, 1.165) is 0 Å². The molecule has 0 aromatic heterocycles. The highest BCUT2D eigenvalue weighted by Crippen LogP contribution is 2.40. The van der Waals surface area contributed by atoms with Gasteiger partial charge in [0.25, 0.3) is 0 Å². The molecule has 2 fully saturated rings. The first kappa shape index (κ1) is 29.2. The quantitative estimate of drug-likeness (QED) is 0.338. The molecule has 3 aliphatic rings. The minimum Gasteiger partial charge on any atom is -0.454 e. The van der Waals surface area contributed by atoms with Crippen LogP contribution >= 0.6 is 0 Å². The lowest BCUT2D eigenvalue weighted by Crippen LogP contribution is -2.35. The number of ether oxygens (including phenoxy) is 4. The summed E-state index contributed by atoms with van der Waals surface area (Å²) in [5, 5.41) is 11.1. The highest BCUT2D eigenvalue weighted by atomic mass is 16.6. The van der Waals surface area contributed by atoms with Crippen molar-refractivity contribution in [1.29, 1.82) is 0 Å². The summed E-state index contributed by atoms with van der Waals surface area (Å²) >= 11 is 0. The largest absolute Gasteiger partial charge is 0.454 e. The average molecular weight is 515 g/mol. The van der Waals surface area contributed by atoms with Gasteiger partial charge in [-0.3, -0.25) is 4.79 Å². The number of allylic oxidation sites excluding steroid dienone is 4. The molecule has 1 N–H and O–H groups in total. The molecular formula is C30H42O7. The molecule has 9 atom stereocenters. The number of carbonyl (C=O) groups is 2. The molecule has 0 bridgehead atoms. The summed E-state index contributed by atoms with van der Waals surface area (Å²) in [5.41, 5.74) is 0.553. The van der Waals surface area contributed by atoms with E-state index in [1.807, 2.05) is 51.2 Å². The zero-order valence-electron chi connectivity index (χ0n) is 23.0. The Labute approximate surface area is 220 Å². The van der Waals surface area contributed by atoms with Crippen molar-refractivity contribution in [3.05, 3.63) is 59.8 Å². The fourth-order valence-corrected chi connectivity index (χ4v) is 4.46. The van der Waals surface area contributed by atoms with E-state index in [9.17, 15) is 14.7 Å². The number of ketones is 1. The predicted octanol–water partition coefficient (Wildman–Crippen LogP) is 4.42. The minimum absolute atomic E-state index is 0.0240. The first-order valence-corrected chi connectivity index (χ1v) is 13.1. The van der Waals surface area contributed by atoms with Crippen molar-refractivity contribution in [2.24, 2.45) is 11.8 Å². The van der Waals surface area contributed by atoms with Gasteiger partial charge in [0, 0.05) is 30.9 Å². The molecule has 0 saturated carbocycles. The number of hydrogen-bond donors (Lipinski definition) is 1. The van der Waals surface area contributed by atoms with Gasteiger partial charge in [-0.15, -0.1) is 0 Å². The Balaban J connectivity index is 1.87. The third-order valence-electron chi connectivity index (χ3n) is 7.47. The number of Topliss-reactive ketones (excluding diaryl/α,β-unsaturated/α-hetero) is 1. The number of aliphatic hydroxyl groups is 1. The van der Waals surface area contributed by atoms with Crippen LogP contribution in [0.25, 0.3) is 0 Å². The van der Waals surface area contributed by atoms with Crippen LogP contribution in [0.5, 0.6) is 0 Å². The third-order valence-corrected chi connectivity index (χ3v) is 7.47. The molecule has 1 unspecified atom stereocenters. The zero-order chi connectivity index (χ0) is 27.3. The molecule has 7 heteroatoms. The minimum atomic E-state index is -0.801. The highest BCUT2D eigenvalue weighted by Gasteiger charge is 2.49. The Morgan fingerprint density at radius 1 is 1.11 bits per heavy atom. The second kappa shape index (κ2) is 12.5. The van der Waals surface area contributed by atoms with Crippen LogP contribution in [-0.2, 0) is 28.5 Å². The summed E-state index contributed by atoms with van der Waals surface area (Å²) in [6, 6.07) is 0. The molecule has 2 saturated heterocycles. The monoisotopic (exact) mass is 514 g/mol. The van der Waals surface area contributed by atoms with Crippen molar-refractivity contribution in [1.82, 2.24) is 0 Å². The molecule has 3 heterocycles. The molecule has 0 aliphatic carbocycles. The van der Waals surface area contributed by atoms with Gasteiger partial charge in [-0.2, -0.15) is 0 Å². The average Bonchev–Trinajstić information content (AvgIpc) is 3.75. The summed E-state index contributed by atoms with van der Waals surface area (Å²) in [6.45, 7) is 11.0. The second-order valence-corrected chi connectivity index (χ2v) is 10.7. The van der Waals surface area contributed by atoms with E-state index in [1.165, 1.54) is 0 Å². The lowest BCUT2D eigenvalue weighted by molar-refractivity contribution is -0.146. The number of aliphatic hydroxyl groups excluding tert-OH is 1. The van der Waals surface area contributed by atoms with Gasteiger partial charge >= 0.3 is 5.97 Å². The molecule has 0 aromatic rings. The number of hydrogen-bond acceptors (Lipinski definition) is 7. The topological polar surface area (TPSA) is 97.9 Å². The van der Waals surface area contributed by atoms with Gasteiger partial charge in [-0.25, -0.2) is 4.79 Å². The van der Waals surface area contributed by atoms with Crippen LogP contribution in [0.3, 0.4) is 0 Å². The van der Waals surface area contributed by atoms with Crippen molar-refractivity contribution >= 4 is 11.8 Å². The molecule has 3 aliphatic heterocycles. The molecule has 3 rings (SSSR count). The lowest BCUT2D eigenvalue weighted by atomic mass is 9.92. The van der Waals surface area contributed by atoms with Crippen molar-refractivity contribution in [3.8, 4) is 0 Å². The smallest absolute Gasteiger partial charge is 0.334 e. The molecule has 0 amide bonds. The predicted molar refractivity (Wildman–Crippen MR) is 142 cm³/mol. The van der Waals surface area contributed by atoms with E-state index in [1.54, 1.807) is 46.1 Å². The molecule has 204 valence electrons. The Kier molecular flexibility index (Phi) is 9.86. The summed E-state index contributed by atoms with van der Waals surface area (Å²) in [7, 11) is 1.61. The van der Waals surface area contributed by atoms with Crippen molar-refractivity contribution in [2.45, 2.75) is 96.6 Å². The summed E-state index contributed by atoms with van der Waals surface area (Å²) in [5.74, 6) is -1.48. The SMILES string of the molecule is CO[C@@H]1/C=C/[C@@]2(C)O[C@@H]2C/C=C/C=C(\C)C(=O)[C@@H](C)/C=C(\C)C(=O)OC(/C=C/[C@@H]2O[C@@H]2C)[C@H](C)[C@H](O)C1. The zero-order valence-corrected chi connectivity index (χ0v) is 23.0. The van der Waals surface area contributed by atoms with E-state index < -0.39 is 35.6 Å². The number of carbonyl (C=O) groups excluding carboxylic acids is 2. The maximum atomic E-state index is 13.0. The third kappa shape index (κ3) is 8.08. The fraction of sp³-hybridized carbons (Fsp3) is 0.600. The van der Waals surface area contributed by atoms with Gasteiger partial charge < -0.3 is 24.1 Å². The summed E-state index contributed by atoms with van der Waals surface area (Å²) in [4.78, 5) is 25.8. The van der Waals surface area contributed by atoms with Crippen LogP contribution < -0.4 is 0 Å². The molecule has 0 radical (unpaired) electrons. The summed E-state index contributed by atoms with van der Waals surface area (Å²) < 4.78 is 22.8. The van der Waals surface area contributed by atoms with E-state index in [0.29, 0.717) is 24.0 Å². The number of esters is 1. The Bertz CT molecular complexity index is 990. The maximum absolute atomic E-state index is 13.0. The van der Waals surface area contributed by atoms with Crippen LogP contribution in [0, 0.1) is 11.8 Å². The number of epoxide rings is 2. The first-order valence-electron chi connectivity index (χ1n) is 13.1. The second-order valence-electron chi connectivity index (χ2n) is 10.7.